The zero-order chi connectivity index (χ0) is 12.5. The summed E-state index contributed by atoms with van der Waals surface area (Å²) in [5.74, 6) is 0. The van der Waals surface area contributed by atoms with Gasteiger partial charge in [-0.25, -0.2) is 4.98 Å². The molecule has 3 rings (SSSR count). The van der Waals surface area contributed by atoms with Crippen LogP contribution in [0.25, 0.3) is 20.8 Å². The third kappa shape index (κ3) is 1.74. The van der Waals surface area contributed by atoms with Gasteiger partial charge in [-0.05, 0) is 6.07 Å². The van der Waals surface area contributed by atoms with Gasteiger partial charge in [0.2, 0.25) is 0 Å². The van der Waals surface area contributed by atoms with Crippen LogP contribution in [0.4, 0.5) is 5.69 Å². The first-order chi connectivity index (χ1) is 8.75. The van der Waals surface area contributed by atoms with Crippen LogP contribution < -0.4 is 0 Å². The number of nitro benzene ring substituents is 1. The summed E-state index contributed by atoms with van der Waals surface area (Å²) < 4.78 is 0.836. The van der Waals surface area contributed by atoms with Crippen molar-refractivity contribution in [1.82, 2.24) is 4.98 Å². The van der Waals surface area contributed by atoms with E-state index in [1.807, 2.05) is 36.4 Å². The second kappa shape index (κ2) is 4.19. The Labute approximate surface area is 107 Å². The molecule has 5 heteroatoms. The number of benzene rings is 2. The smallest absolute Gasteiger partial charge is 0.258 e. The van der Waals surface area contributed by atoms with Gasteiger partial charge in [0.1, 0.15) is 5.01 Å². The molecule has 1 aromatic heterocycles. The normalized spacial score (nSPS) is 10.7. The van der Waals surface area contributed by atoms with Crippen molar-refractivity contribution in [2.24, 2.45) is 0 Å². The molecule has 0 radical (unpaired) electrons. The highest BCUT2D eigenvalue weighted by Gasteiger charge is 2.16. The summed E-state index contributed by atoms with van der Waals surface area (Å²) in [6, 6.07) is 14.7. The molecule has 3 aromatic rings. The van der Waals surface area contributed by atoms with E-state index in [0.717, 1.165) is 15.3 Å². The van der Waals surface area contributed by atoms with Gasteiger partial charge >= 0.3 is 0 Å². The highest BCUT2D eigenvalue weighted by atomic mass is 32.1. The standard InChI is InChI=1S/C13H8N2O2S/c16-15(17)10-7-4-8-11-12(10)14-13(18-11)9-5-2-1-3-6-9/h1-8H. The Kier molecular flexibility index (Phi) is 2.53. The van der Waals surface area contributed by atoms with Gasteiger partial charge in [0, 0.05) is 11.6 Å². The van der Waals surface area contributed by atoms with Gasteiger partial charge in [0.25, 0.3) is 5.69 Å². The van der Waals surface area contributed by atoms with Gasteiger partial charge in [0.05, 0.1) is 9.62 Å². The molecule has 0 amide bonds. The number of nitro groups is 1. The highest BCUT2D eigenvalue weighted by molar-refractivity contribution is 7.21. The number of fused-ring (bicyclic) bond motifs is 1. The SMILES string of the molecule is O=[N+]([O-])c1cccc2sc(-c3ccccc3)nc12. The number of hydrogen-bond acceptors (Lipinski definition) is 4. The topological polar surface area (TPSA) is 56.0 Å². The zero-order valence-electron chi connectivity index (χ0n) is 9.24. The summed E-state index contributed by atoms with van der Waals surface area (Å²) in [5.41, 5.74) is 1.50. The fourth-order valence-electron chi connectivity index (χ4n) is 1.79. The molecule has 0 spiro atoms. The second-order valence-corrected chi connectivity index (χ2v) is 4.80. The van der Waals surface area contributed by atoms with Crippen molar-refractivity contribution >= 4 is 27.2 Å². The molecule has 0 unspecified atom stereocenters. The molecule has 4 nitrogen and oxygen atoms in total. The van der Waals surface area contributed by atoms with Gasteiger partial charge < -0.3 is 0 Å². The van der Waals surface area contributed by atoms with E-state index in [4.69, 9.17) is 0 Å². The fraction of sp³-hybridized carbons (Fsp3) is 0. The molecule has 0 bridgehead atoms. The largest absolute Gasteiger partial charge is 0.296 e. The minimum Gasteiger partial charge on any atom is -0.258 e. The van der Waals surface area contributed by atoms with Crippen molar-refractivity contribution in [1.29, 1.82) is 0 Å². The zero-order valence-corrected chi connectivity index (χ0v) is 10.1. The van der Waals surface area contributed by atoms with E-state index in [1.165, 1.54) is 17.4 Å². The molecular weight excluding hydrogens is 248 g/mol. The number of thiazole rings is 1. The lowest BCUT2D eigenvalue weighted by molar-refractivity contribution is -0.383. The van der Waals surface area contributed by atoms with Crippen LogP contribution in [0.15, 0.2) is 48.5 Å². The van der Waals surface area contributed by atoms with Crippen LogP contribution in [0.1, 0.15) is 0 Å². The van der Waals surface area contributed by atoms with E-state index >= 15 is 0 Å². The first-order valence-electron chi connectivity index (χ1n) is 5.35. The van der Waals surface area contributed by atoms with Gasteiger partial charge in [-0.3, -0.25) is 10.1 Å². The minimum atomic E-state index is -0.392. The van der Waals surface area contributed by atoms with Gasteiger partial charge in [-0.1, -0.05) is 36.4 Å². The van der Waals surface area contributed by atoms with Crippen molar-refractivity contribution in [3.63, 3.8) is 0 Å². The molecule has 0 aliphatic rings. The first kappa shape index (κ1) is 10.9. The maximum Gasteiger partial charge on any atom is 0.296 e. The summed E-state index contributed by atoms with van der Waals surface area (Å²) in [5, 5.41) is 11.7. The quantitative estimate of drug-likeness (QED) is 0.516. The molecule has 0 saturated carbocycles. The Morgan fingerprint density at radius 2 is 1.83 bits per heavy atom. The molecule has 0 atom stereocenters. The van der Waals surface area contributed by atoms with Crippen LogP contribution in [0, 0.1) is 10.1 Å². The third-order valence-electron chi connectivity index (χ3n) is 2.62. The number of aromatic nitrogens is 1. The lowest BCUT2D eigenvalue weighted by Crippen LogP contribution is -1.88. The Morgan fingerprint density at radius 1 is 1.06 bits per heavy atom. The molecular formula is C13H8N2O2S. The van der Waals surface area contributed by atoms with Crippen molar-refractivity contribution in [3.05, 3.63) is 58.6 Å². The molecule has 0 saturated heterocycles. The molecule has 0 aliphatic carbocycles. The number of para-hydroxylation sites is 1. The van der Waals surface area contributed by atoms with E-state index in [1.54, 1.807) is 6.07 Å². The van der Waals surface area contributed by atoms with Gasteiger partial charge in [0.15, 0.2) is 5.52 Å². The number of nitrogens with zero attached hydrogens (tertiary/aromatic N) is 2. The lowest BCUT2D eigenvalue weighted by Gasteiger charge is -1.92. The van der Waals surface area contributed by atoms with Crippen LogP contribution in [0.3, 0.4) is 0 Å². The van der Waals surface area contributed by atoms with Crippen molar-refractivity contribution in [2.45, 2.75) is 0 Å². The van der Waals surface area contributed by atoms with Crippen LogP contribution in [-0.2, 0) is 0 Å². The lowest BCUT2D eigenvalue weighted by atomic mass is 10.2. The average molecular weight is 256 g/mol. The predicted molar refractivity (Wildman–Crippen MR) is 71.7 cm³/mol. The Morgan fingerprint density at radius 3 is 2.56 bits per heavy atom. The summed E-state index contributed by atoms with van der Waals surface area (Å²) >= 11 is 1.47. The monoisotopic (exact) mass is 256 g/mol. The molecule has 1 heterocycles. The minimum absolute atomic E-state index is 0.0610. The second-order valence-electron chi connectivity index (χ2n) is 3.77. The van der Waals surface area contributed by atoms with Crippen molar-refractivity contribution in [2.75, 3.05) is 0 Å². The van der Waals surface area contributed by atoms with Crippen LogP contribution in [0.2, 0.25) is 0 Å². The first-order valence-corrected chi connectivity index (χ1v) is 6.17. The van der Waals surface area contributed by atoms with E-state index in [9.17, 15) is 10.1 Å². The highest BCUT2D eigenvalue weighted by Crippen LogP contribution is 2.34. The molecule has 0 N–H and O–H groups in total. The predicted octanol–water partition coefficient (Wildman–Crippen LogP) is 3.87. The molecule has 2 aromatic carbocycles. The number of rotatable bonds is 2. The molecule has 0 aliphatic heterocycles. The van der Waals surface area contributed by atoms with Crippen LogP contribution in [0.5, 0.6) is 0 Å². The van der Waals surface area contributed by atoms with E-state index < -0.39 is 4.92 Å². The summed E-state index contributed by atoms with van der Waals surface area (Å²) in [7, 11) is 0. The fourth-order valence-corrected chi connectivity index (χ4v) is 2.78. The summed E-state index contributed by atoms with van der Waals surface area (Å²) in [4.78, 5) is 14.9. The maximum atomic E-state index is 10.9. The van der Waals surface area contributed by atoms with E-state index in [-0.39, 0.29) is 5.69 Å². The number of non-ortho nitro benzene ring substituents is 1. The van der Waals surface area contributed by atoms with Gasteiger partial charge in [-0.15, -0.1) is 11.3 Å². The Hall–Kier alpha value is -2.27. The van der Waals surface area contributed by atoms with Crippen molar-refractivity contribution < 1.29 is 4.92 Å². The van der Waals surface area contributed by atoms with Crippen LogP contribution >= 0.6 is 11.3 Å². The molecule has 0 fully saturated rings. The molecule has 88 valence electrons. The third-order valence-corrected chi connectivity index (χ3v) is 3.68. The summed E-state index contributed by atoms with van der Waals surface area (Å²) in [6.45, 7) is 0. The molecule has 18 heavy (non-hydrogen) atoms. The Bertz CT molecular complexity index is 722. The summed E-state index contributed by atoms with van der Waals surface area (Å²) in [6.07, 6.45) is 0. The Balaban J connectivity index is 2.23. The maximum absolute atomic E-state index is 10.9. The van der Waals surface area contributed by atoms with Crippen LogP contribution in [-0.4, -0.2) is 9.91 Å². The van der Waals surface area contributed by atoms with Crippen molar-refractivity contribution in [3.8, 4) is 10.6 Å². The van der Waals surface area contributed by atoms with E-state index in [0.29, 0.717) is 5.52 Å². The average Bonchev–Trinajstić information content (AvgIpc) is 2.83. The number of hydrogen-bond donors (Lipinski definition) is 0. The van der Waals surface area contributed by atoms with Gasteiger partial charge in [-0.2, -0.15) is 0 Å². The van der Waals surface area contributed by atoms with E-state index in [2.05, 4.69) is 4.98 Å².